The van der Waals surface area contributed by atoms with Crippen LogP contribution in [0, 0.1) is 13.8 Å². The van der Waals surface area contributed by atoms with Gasteiger partial charge in [-0.05, 0) is 38.1 Å². The highest BCUT2D eigenvalue weighted by molar-refractivity contribution is 5.96. The molecule has 172 valence electrons. The van der Waals surface area contributed by atoms with E-state index >= 15 is 0 Å². The lowest BCUT2D eigenvalue weighted by molar-refractivity contribution is -0.136. The number of hydrogen-bond acceptors (Lipinski definition) is 6. The Bertz CT molecular complexity index is 1160. The van der Waals surface area contributed by atoms with Crippen molar-refractivity contribution in [1.82, 2.24) is 14.7 Å². The summed E-state index contributed by atoms with van der Waals surface area (Å²) in [5.74, 6) is -0.934. The second kappa shape index (κ2) is 10.4. The first-order valence-corrected chi connectivity index (χ1v) is 10.3. The van der Waals surface area contributed by atoms with Crippen molar-refractivity contribution in [2.45, 2.75) is 13.8 Å². The van der Waals surface area contributed by atoms with Crippen molar-refractivity contribution < 1.29 is 23.9 Å². The third kappa shape index (κ3) is 5.76. The van der Waals surface area contributed by atoms with Gasteiger partial charge in [-0.3, -0.25) is 9.59 Å². The molecule has 1 N–H and O–H groups in total. The fraction of sp³-hybridized carbons (Fsp3) is 0.250. The topological polar surface area (TPSA) is 103 Å². The van der Waals surface area contributed by atoms with Crippen LogP contribution in [0.2, 0.25) is 0 Å². The molecule has 2 amide bonds. The van der Waals surface area contributed by atoms with Gasteiger partial charge in [-0.15, -0.1) is 0 Å². The van der Waals surface area contributed by atoms with Crippen LogP contribution in [0.4, 0.5) is 5.69 Å². The van der Waals surface area contributed by atoms with Gasteiger partial charge in [0.25, 0.3) is 5.91 Å². The monoisotopic (exact) mass is 450 g/mol. The van der Waals surface area contributed by atoms with Crippen LogP contribution in [-0.4, -0.2) is 59.8 Å². The van der Waals surface area contributed by atoms with E-state index in [1.165, 1.54) is 19.1 Å². The molecule has 3 aromatic rings. The van der Waals surface area contributed by atoms with Gasteiger partial charge in [-0.1, -0.05) is 24.3 Å². The minimum Gasteiger partial charge on any atom is -0.497 e. The highest BCUT2D eigenvalue weighted by atomic mass is 16.5. The van der Waals surface area contributed by atoms with Crippen molar-refractivity contribution in [2.75, 3.05) is 32.6 Å². The van der Waals surface area contributed by atoms with E-state index in [4.69, 9.17) is 9.47 Å². The Morgan fingerprint density at radius 1 is 1.06 bits per heavy atom. The Labute approximate surface area is 191 Å². The molecule has 0 saturated carbocycles. The smallest absolute Gasteiger partial charge is 0.342 e. The molecule has 0 aliphatic heterocycles. The molecule has 33 heavy (non-hydrogen) atoms. The summed E-state index contributed by atoms with van der Waals surface area (Å²) in [6.07, 6.45) is 0. The second-order valence-corrected chi connectivity index (χ2v) is 7.40. The minimum atomic E-state index is -0.644. The number of rotatable bonds is 8. The van der Waals surface area contributed by atoms with E-state index in [0.29, 0.717) is 28.4 Å². The van der Waals surface area contributed by atoms with Crippen molar-refractivity contribution >= 4 is 23.5 Å². The molecule has 1 aromatic heterocycles. The van der Waals surface area contributed by atoms with Crippen LogP contribution in [0.5, 0.6) is 5.75 Å². The number of hydrogen-bond donors (Lipinski definition) is 1. The molecule has 0 aliphatic rings. The van der Waals surface area contributed by atoms with Crippen molar-refractivity contribution in [2.24, 2.45) is 0 Å². The van der Waals surface area contributed by atoms with E-state index in [-0.39, 0.29) is 12.5 Å². The van der Waals surface area contributed by atoms with Gasteiger partial charge in [0.05, 0.1) is 30.7 Å². The van der Waals surface area contributed by atoms with Crippen molar-refractivity contribution in [3.05, 3.63) is 71.5 Å². The summed E-state index contributed by atoms with van der Waals surface area (Å²) in [6.45, 7) is 2.79. The average molecular weight is 450 g/mol. The van der Waals surface area contributed by atoms with Crippen LogP contribution in [0.15, 0.2) is 54.6 Å². The largest absolute Gasteiger partial charge is 0.497 e. The Morgan fingerprint density at radius 2 is 1.79 bits per heavy atom. The molecule has 0 bridgehead atoms. The van der Waals surface area contributed by atoms with Gasteiger partial charge in [0.1, 0.15) is 11.3 Å². The third-order valence-electron chi connectivity index (χ3n) is 4.98. The highest BCUT2D eigenvalue weighted by Crippen LogP contribution is 2.19. The summed E-state index contributed by atoms with van der Waals surface area (Å²) in [7, 11) is 3.00. The van der Waals surface area contributed by atoms with Crippen LogP contribution < -0.4 is 10.1 Å². The van der Waals surface area contributed by atoms with E-state index in [1.807, 2.05) is 30.3 Å². The maximum atomic E-state index is 12.6. The molecular weight excluding hydrogens is 424 g/mol. The zero-order chi connectivity index (χ0) is 24.0. The van der Waals surface area contributed by atoms with Gasteiger partial charge in [0.15, 0.2) is 6.61 Å². The number of carbonyl (C=O) groups excluding carboxylic acids is 3. The first-order chi connectivity index (χ1) is 15.8. The fourth-order valence-electron chi connectivity index (χ4n) is 3.27. The van der Waals surface area contributed by atoms with Crippen LogP contribution in [0.25, 0.3) is 5.69 Å². The number of ether oxygens (including phenoxy) is 2. The van der Waals surface area contributed by atoms with E-state index in [9.17, 15) is 14.4 Å². The molecule has 0 saturated heterocycles. The van der Waals surface area contributed by atoms with Crippen molar-refractivity contribution in [1.29, 1.82) is 0 Å². The Kier molecular flexibility index (Phi) is 7.45. The van der Waals surface area contributed by atoms with E-state index in [0.717, 1.165) is 5.69 Å². The van der Waals surface area contributed by atoms with E-state index in [1.54, 1.807) is 42.8 Å². The number of amides is 2. The molecule has 3 rings (SSSR count). The first kappa shape index (κ1) is 23.5. The Hall–Kier alpha value is -4.14. The number of aromatic nitrogens is 2. The van der Waals surface area contributed by atoms with E-state index in [2.05, 4.69) is 10.4 Å². The van der Waals surface area contributed by atoms with Crippen LogP contribution in [0.3, 0.4) is 0 Å². The van der Waals surface area contributed by atoms with Gasteiger partial charge in [0, 0.05) is 18.8 Å². The van der Waals surface area contributed by atoms with Crippen molar-refractivity contribution in [3.8, 4) is 11.4 Å². The SMILES string of the molecule is COc1cccc(NC(=O)CN(C)C(=O)COC(=O)c2c(C)nn(-c3ccccc3)c2C)c1. The molecule has 0 atom stereocenters. The number of para-hydroxylation sites is 1. The number of methoxy groups -OCH3 is 1. The normalized spacial score (nSPS) is 10.4. The zero-order valence-corrected chi connectivity index (χ0v) is 19.0. The molecule has 2 aromatic carbocycles. The lowest BCUT2D eigenvalue weighted by Crippen LogP contribution is -2.37. The second-order valence-electron chi connectivity index (χ2n) is 7.40. The number of esters is 1. The predicted molar refractivity (Wildman–Crippen MR) is 123 cm³/mol. The lowest BCUT2D eigenvalue weighted by atomic mass is 10.2. The van der Waals surface area contributed by atoms with Crippen LogP contribution in [-0.2, 0) is 14.3 Å². The average Bonchev–Trinajstić information content (AvgIpc) is 3.11. The predicted octanol–water partition coefficient (Wildman–Crippen LogP) is 2.75. The standard InChI is InChI=1S/C24H26N4O5/c1-16-23(17(2)28(26-16)19-10-6-5-7-11-19)24(31)33-15-22(30)27(3)14-21(29)25-18-9-8-12-20(13-18)32-4/h5-13H,14-15H2,1-4H3,(H,25,29). The number of nitrogens with zero attached hydrogens (tertiary/aromatic N) is 3. The van der Waals surface area contributed by atoms with Gasteiger partial charge in [0.2, 0.25) is 5.91 Å². The maximum absolute atomic E-state index is 12.6. The molecule has 0 spiro atoms. The number of aryl methyl sites for hydroxylation is 1. The molecular formula is C24H26N4O5. The molecule has 1 heterocycles. The van der Waals surface area contributed by atoms with Crippen LogP contribution in [0.1, 0.15) is 21.7 Å². The highest BCUT2D eigenvalue weighted by Gasteiger charge is 2.22. The Morgan fingerprint density at radius 3 is 2.48 bits per heavy atom. The molecule has 9 nitrogen and oxygen atoms in total. The molecule has 0 fully saturated rings. The summed E-state index contributed by atoms with van der Waals surface area (Å²) in [4.78, 5) is 38.5. The fourth-order valence-corrected chi connectivity index (χ4v) is 3.27. The number of likely N-dealkylation sites (N-methyl/N-ethyl adjacent to an activating group) is 1. The number of nitrogens with one attached hydrogen (secondary N) is 1. The summed E-state index contributed by atoms with van der Waals surface area (Å²) in [5, 5.41) is 7.11. The molecule has 0 radical (unpaired) electrons. The summed E-state index contributed by atoms with van der Waals surface area (Å²) in [6, 6.07) is 16.3. The summed E-state index contributed by atoms with van der Waals surface area (Å²) >= 11 is 0. The van der Waals surface area contributed by atoms with Gasteiger partial charge in [-0.25, -0.2) is 9.48 Å². The summed E-state index contributed by atoms with van der Waals surface area (Å²) in [5.41, 5.74) is 2.79. The number of anilines is 1. The van der Waals surface area contributed by atoms with Gasteiger partial charge < -0.3 is 19.7 Å². The van der Waals surface area contributed by atoms with Crippen molar-refractivity contribution in [3.63, 3.8) is 0 Å². The van der Waals surface area contributed by atoms with Gasteiger partial charge >= 0.3 is 5.97 Å². The molecule has 0 aliphatic carbocycles. The zero-order valence-electron chi connectivity index (χ0n) is 19.0. The van der Waals surface area contributed by atoms with Crippen LogP contribution >= 0.6 is 0 Å². The Balaban J connectivity index is 1.56. The van der Waals surface area contributed by atoms with E-state index < -0.39 is 18.5 Å². The first-order valence-electron chi connectivity index (χ1n) is 10.3. The minimum absolute atomic E-state index is 0.197. The van der Waals surface area contributed by atoms with Gasteiger partial charge in [-0.2, -0.15) is 5.10 Å². The molecule has 0 unspecified atom stereocenters. The quantitative estimate of drug-likeness (QED) is 0.530. The lowest BCUT2D eigenvalue weighted by Gasteiger charge is -2.17. The maximum Gasteiger partial charge on any atom is 0.342 e. The number of benzene rings is 2. The molecule has 9 heteroatoms. The summed E-state index contributed by atoms with van der Waals surface area (Å²) < 4.78 is 12.0. The third-order valence-corrected chi connectivity index (χ3v) is 4.98. The number of carbonyl (C=O) groups is 3.